The van der Waals surface area contributed by atoms with Gasteiger partial charge in [-0.15, -0.1) is 0 Å². The summed E-state index contributed by atoms with van der Waals surface area (Å²) in [7, 11) is 0. The smallest absolute Gasteiger partial charge is 0.331 e. The maximum atomic E-state index is 11.3. The van der Waals surface area contributed by atoms with Gasteiger partial charge < -0.3 is 20.8 Å². The van der Waals surface area contributed by atoms with Crippen molar-refractivity contribution in [2.45, 2.75) is 12.5 Å². The second-order valence-electron chi connectivity index (χ2n) is 3.83. The minimum atomic E-state index is -1.48. The Morgan fingerprint density at radius 2 is 2.06 bits per heavy atom. The summed E-state index contributed by atoms with van der Waals surface area (Å²) in [5.41, 5.74) is -1.45. The molecule has 0 heterocycles. The standard InChI is InChI=1S/C11H15NO5.H2O/c1-7-8(9(14)15)3-2-4-11(7,10(16)17)12-5-6-13;/h2-4,7,12-13H,5-6H2,1H3,(H,14,15)(H,16,17);1H2. The monoisotopic (exact) mass is 259 g/mol. The predicted molar refractivity (Wildman–Crippen MR) is 63.1 cm³/mol. The Morgan fingerprint density at radius 1 is 1.44 bits per heavy atom. The summed E-state index contributed by atoms with van der Waals surface area (Å²) < 4.78 is 0. The molecule has 0 spiro atoms. The molecule has 0 saturated carbocycles. The highest BCUT2D eigenvalue weighted by atomic mass is 16.4. The summed E-state index contributed by atoms with van der Waals surface area (Å²) >= 11 is 0. The molecule has 0 amide bonds. The third kappa shape index (κ3) is 2.76. The van der Waals surface area contributed by atoms with Gasteiger partial charge in [-0.1, -0.05) is 25.2 Å². The van der Waals surface area contributed by atoms with Crippen LogP contribution < -0.4 is 5.32 Å². The van der Waals surface area contributed by atoms with Crippen LogP contribution in [0.5, 0.6) is 0 Å². The van der Waals surface area contributed by atoms with Crippen molar-refractivity contribution in [3.8, 4) is 0 Å². The molecule has 7 heteroatoms. The van der Waals surface area contributed by atoms with Crippen LogP contribution in [0.15, 0.2) is 23.8 Å². The van der Waals surface area contributed by atoms with Crippen molar-refractivity contribution in [3.63, 3.8) is 0 Å². The molecule has 2 atom stereocenters. The number of carboxylic acid groups (broad SMARTS) is 2. The number of carbonyl (C=O) groups is 2. The van der Waals surface area contributed by atoms with Gasteiger partial charge in [0.1, 0.15) is 5.54 Å². The molecular formula is C11H17NO6. The van der Waals surface area contributed by atoms with Crippen molar-refractivity contribution in [2.24, 2.45) is 5.92 Å². The van der Waals surface area contributed by atoms with E-state index < -0.39 is 23.4 Å². The van der Waals surface area contributed by atoms with Crippen LogP contribution in [0.1, 0.15) is 6.92 Å². The van der Waals surface area contributed by atoms with Gasteiger partial charge >= 0.3 is 11.9 Å². The molecule has 0 aliphatic heterocycles. The van der Waals surface area contributed by atoms with Crippen LogP contribution in [0, 0.1) is 5.92 Å². The maximum absolute atomic E-state index is 11.3. The van der Waals surface area contributed by atoms with E-state index in [1.165, 1.54) is 25.2 Å². The van der Waals surface area contributed by atoms with Crippen LogP contribution in [0.4, 0.5) is 0 Å². The number of aliphatic carboxylic acids is 2. The van der Waals surface area contributed by atoms with Gasteiger partial charge in [0.2, 0.25) is 0 Å². The summed E-state index contributed by atoms with van der Waals surface area (Å²) in [6.45, 7) is 1.39. The number of carboxylic acids is 2. The van der Waals surface area contributed by atoms with Crippen molar-refractivity contribution in [3.05, 3.63) is 23.8 Å². The maximum Gasteiger partial charge on any atom is 0.331 e. The molecule has 0 aromatic carbocycles. The van der Waals surface area contributed by atoms with Crippen molar-refractivity contribution >= 4 is 11.9 Å². The molecule has 0 saturated heterocycles. The minimum Gasteiger partial charge on any atom is -0.480 e. The Kier molecular flexibility index (Phi) is 5.70. The van der Waals surface area contributed by atoms with E-state index in [-0.39, 0.29) is 24.2 Å². The minimum absolute atomic E-state index is 0. The lowest BCUT2D eigenvalue weighted by Gasteiger charge is -2.35. The summed E-state index contributed by atoms with van der Waals surface area (Å²) in [5, 5.41) is 29.7. The molecule has 6 N–H and O–H groups in total. The summed E-state index contributed by atoms with van der Waals surface area (Å²) in [5.74, 6) is -3.03. The fraction of sp³-hybridized carbons (Fsp3) is 0.455. The molecule has 0 aromatic heterocycles. The quantitative estimate of drug-likeness (QED) is 0.488. The number of aliphatic hydroxyl groups excluding tert-OH is 1. The number of allylic oxidation sites excluding steroid dienone is 2. The van der Waals surface area contributed by atoms with Crippen molar-refractivity contribution in [2.75, 3.05) is 13.2 Å². The van der Waals surface area contributed by atoms with Gasteiger partial charge in [0.05, 0.1) is 6.61 Å². The normalized spacial score (nSPS) is 26.1. The molecule has 102 valence electrons. The number of aliphatic hydroxyl groups is 1. The van der Waals surface area contributed by atoms with Crippen molar-refractivity contribution < 1.29 is 30.4 Å². The Labute approximate surface area is 104 Å². The van der Waals surface area contributed by atoms with E-state index in [0.717, 1.165) is 0 Å². The van der Waals surface area contributed by atoms with Gasteiger partial charge in [0.15, 0.2) is 0 Å². The molecule has 1 aliphatic rings. The number of rotatable bonds is 5. The number of β-amino-alcohol motifs (C(OH)–C–C–N with tert-alkyl or cyclic N) is 1. The number of hydrogen-bond donors (Lipinski definition) is 4. The summed E-state index contributed by atoms with van der Waals surface area (Å²) in [6, 6.07) is 0. The molecule has 18 heavy (non-hydrogen) atoms. The first-order chi connectivity index (χ1) is 7.95. The molecule has 0 aromatic rings. The molecule has 7 nitrogen and oxygen atoms in total. The highest BCUT2D eigenvalue weighted by Crippen LogP contribution is 2.30. The second kappa shape index (κ2) is 6.29. The number of nitrogens with one attached hydrogen (secondary N) is 1. The van der Waals surface area contributed by atoms with Crippen LogP contribution in [0.25, 0.3) is 0 Å². The topological polar surface area (TPSA) is 138 Å². The Bertz CT molecular complexity index is 389. The van der Waals surface area contributed by atoms with E-state index in [4.69, 9.17) is 10.2 Å². The second-order valence-corrected chi connectivity index (χ2v) is 3.83. The van der Waals surface area contributed by atoms with Crippen LogP contribution >= 0.6 is 0 Å². The zero-order valence-corrected chi connectivity index (χ0v) is 9.88. The first-order valence-corrected chi connectivity index (χ1v) is 5.17. The first kappa shape index (κ1) is 16.3. The molecular weight excluding hydrogens is 242 g/mol. The number of hydrogen-bond acceptors (Lipinski definition) is 4. The van der Waals surface area contributed by atoms with E-state index in [0.29, 0.717) is 0 Å². The summed E-state index contributed by atoms with van der Waals surface area (Å²) in [4.78, 5) is 22.3. The van der Waals surface area contributed by atoms with Gasteiger partial charge in [-0.3, -0.25) is 5.32 Å². The van der Waals surface area contributed by atoms with E-state index in [1.54, 1.807) is 0 Å². The van der Waals surface area contributed by atoms with E-state index >= 15 is 0 Å². The third-order valence-electron chi connectivity index (χ3n) is 2.91. The van der Waals surface area contributed by atoms with Crippen molar-refractivity contribution in [1.29, 1.82) is 0 Å². The molecule has 1 rings (SSSR count). The van der Waals surface area contributed by atoms with E-state index in [2.05, 4.69) is 5.32 Å². The molecule has 2 unspecified atom stereocenters. The lowest BCUT2D eigenvalue weighted by atomic mass is 9.76. The first-order valence-electron chi connectivity index (χ1n) is 5.17. The van der Waals surface area contributed by atoms with Gasteiger partial charge in [-0.05, 0) is 0 Å². The van der Waals surface area contributed by atoms with Crippen LogP contribution in [0.3, 0.4) is 0 Å². The van der Waals surface area contributed by atoms with Crippen molar-refractivity contribution in [1.82, 2.24) is 5.32 Å². The van der Waals surface area contributed by atoms with Crippen LogP contribution in [-0.2, 0) is 9.59 Å². The lowest BCUT2D eigenvalue weighted by molar-refractivity contribution is -0.144. The highest BCUT2D eigenvalue weighted by Gasteiger charge is 2.45. The van der Waals surface area contributed by atoms with Gasteiger partial charge in [0, 0.05) is 18.0 Å². The fourth-order valence-corrected chi connectivity index (χ4v) is 1.90. The average Bonchev–Trinajstić information content (AvgIpc) is 2.27. The Hall–Kier alpha value is -1.70. The molecule has 0 bridgehead atoms. The fourth-order valence-electron chi connectivity index (χ4n) is 1.90. The third-order valence-corrected chi connectivity index (χ3v) is 2.91. The lowest BCUT2D eigenvalue weighted by Crippen LogP contribution is -2.57. The largest absolute Gasteiger partial charge is 0.480 e. The van der Waals surface area contributed by atoms with Gasteiger partial charge in [-0.25, -0.2) is 9.59 Å². The van der Waals surface area contributed by atoms with Gasteiger partial charge in [-0.2, -0.15) is 0 Å². The van der Waals surface area contributed by atoms with Crippen LogP contribution in [0.2, 0.25) is 0 Å². The Balaban J connectivity index is 0.00000289. The molecule has 0 fully saturated rings. The zero-order valence-electron chi connectivity index (χ0n) is 9.88. The van der Waals surface area contributed by atoms with E-state index in [9.17, 15) is 14.7 Å². The van der Waals surface area contributed by atoms with E-state index in [1.807, 2.05) is 0 Å². The molecule has 1 aliphatic carbocycles. The SMILES string of the molecule is CC1C(C(=O)O)=CC=CC1(NCCO)C(=O)O.O. The Morgan fingerprint density at radius 3 is 2.50 bits per heavy atom. The van der Waals surface area contributed by atoms with Gasteiger partial charge in [0.25, 0.3) is 0 Å². The molecule has 0 radical (unpaired) electrons. The highest BCUT2D eigenvalue weighted by molar-refractivity contribution is 5.92. The van der Waals surface area contributed by atoms with Crippen LogP contribution in [-0.4, -0.2) is 51.4 Å². The summed E-state index contributed by atoms with van der Waals surface area (Å²) in [6.07, 6.45) is 4.19. The predicted octanol–water partition coefficient (Wildman–Crippen LogP) is -1.22. The average molecular weight is 259 g/mol. The zero-order chi connectivity index (χ0) is 13.1.